The number of nitrogens with one attached hydrogen (secondary N) is 2. The number of alkyl halides is 1. The van der Waals surface area contributed by atoms with Crippen LogP contribution in [0.4, 0.5) is 9.18 Å². The van der Waals surface area contributed by atoms with Crippen LogP contribution in [0.5, 0.6) is 0 Å². The van der Waals surface area contributed by atoms with E-state index in [4.69, 9.17) is 19.9 Å². The van der Waals surface area contributed by atoms with Gasteiger partial charge in [0.25, 0.3) is 5.91 Å². The SMILES string of the molecule is COC1/C=C\C=C(/C)C(=O)NC2=CC(=O)C(NCCF)=C(CC(C)CC(OC)[C@H](O)[C@@H](C)/C=C(\C)C1OC(N)=O)C2=O. The Morgan fingerprint density at radius 1 is 1.19 bits per heavy atom. The normalized spacial score (nSPS) is 31.7. The number of amides is 2. The topological polar surface area (TPSA) is 166 Å². The summed E-state index contributed by atoms with van der Waals surface area (Å²) in [5, 5.41) is 16.4. The average molecular weight is 592 g/mol. The number of aliphatic hydroxyl groups excluding tert-OH is 1. The summed E-state index contributed by atoms with van der Waals surface area (Å²) in [6.07, 6.45) is 3.29. The van der Waals surface area contributed by atoms with E-state index in [2.05, 4.69) is 10.6 Å². The van der Waals surface area contributed by atoms with E-state index in [0.29, 0.717) is 12.0 Å². The smallest absolute Gasteiger partial charge is 0.405 e. The van der Waals surface area contributed by atoms with E-state index in [9.17, 15) is 28.7 Å². The van der Waals surface area contributed by atoms with Crippen molar-refractivity contribution in [3.63, 3.8) is 0 Å². The Balaban J connectivity index is 2.61. The predicted molar refractivity (Wildman–Crippen MR) is 154 cm³/mol. The number of hydrogen-bond acceptors (Lipinski definition) is 9. The van der Waals surface area contributed by atoms with E-state index in [1.165, 1.54) is 33.3 Å². The highest BCUT2D eigenvalue weighted by Gasteiger charge is 2.33. The molecule has 4 unspecified atom stereocenters. The van der Waals surface area contributed by atoms with Crippen LogP contribution >= 0.6 is 0 Å². The molecule has 0 radical (unpaired) electrons. The van der Waals surface area contributed by atoms with Gasteiger partial charge in [0.2, 0.25) is 11.6 Å². The van der Waals surface area contributed by atoms with Crippen molar-refractivity contribution in [1.29, 1.82) is 0 Å². The average Bonchev–Trinajstić information content (AvgIpc) is 2.94. The lowest BCUT2D eigenvalue weighted by Crippen LogP contribution is -2.38. The van der Waals surface area contributed by atoms with E-state index in [-0.39, 0.29) is 41.4 Å². The minimum absolute atomic E-state index is 0.0175. The molecule has 2 aliphatic rings. The number of primary amides is 1. The third-order valence-electron chi connectivity index (χ3n) is 7.19. The lowest BCUT2D eigenvalue weighted by atomic mass is 9.85. The molecule has 0 fully saturated rings. The zero-order valence-electron chi connectivity index (χ0n) is 24.9. The Hall–Kier alpha value is -3.61. The second-order valence-electron chi connectivity index (χ2n) is 10.5. The van der Waals surface area contributed by atoms with Crippen LogP contribution in [-0.2, 0) is 28.6 Å². The van der Waals surface area contributed by atoms with Gasteiger partial charge in [0.05, 0.1) is 23.6 Å². The van der Waals surface area contributed by atoms with E-state index in [1.807, 2.05) is 6.92 Å². The van der Waals surface area contributed by atoms with Crippen molar-refractivity contribution in [3.8, 4) is 0 Å². The van der Waals surface area contributed by atoms with Gasteiger partial charge >= 0.3 is 6.09 Å². The van der Waals surface area contributed by atoms with E-state index >= 15 is 0 Å². The summed E-state index contributed by atoms with van der Waals surface area (Å²) in [6.45, 7) is 5.92. The minimum Gasteiger partial charge on any atom is -0.439 e. The van der Waals surface area contributed by atoms with Gasteiger partial charge in [-0.2, -0.15) is 0 Å². The molecule has 0 aromatic carbocycles. The second-order valence-corrected chi connectivity index (χ2v) is 10.5. The van der Waals surface area contributed by atoms with Crippen LogP contribution in [0.1, 0.15) is 40.5 Å². The molecule has 0 aromatic rings. The van der Waals surface area contributed by atoms with Crippen LogP contribution in [0.2, 0.25) is 0 Å². The third-order valence-corrected chi connectivity index (χ3v) is 7.19. The van der Waals surface area contributed by atoms with Crippen LogP contribution in [0.15, 0.2) is 58.5 Å². The molecule has 6 atom stereocenters. The quantitative estimate of drug-likeness (QED) is 0.268. The molecule has 0 spiro atoms. The van der Waals surface area contributed by atoms with Gasteiger partial charge in [0.15, 0.2) is 6.10 Å². The molecule has 0 saturated heterocycles. The molecular weight excluding hydrogens is 549 g/mol. The number of Topliss-reactive ketones (excluding diaryl/α,β-unsaturated/α-hetero) is 1. The van der Waals surface area contributed by atoms with Gasteiger partial charge in [0, 0.05) is 43.9 Å². The lowest BCUT2D eigenvalue weighted by molar-refractivity contribution is -0.120. The Morgan fingerprint density at radius 3 is 2.48 bits per heavy atom. The first kappa shape index (κ1) is 34.6. The van der Waals surface area contributed by atoms with Crippen LogP contribution < -0.4 is 16.4 Å². The van der Waals surface area contributed by atoms with Crippen molar-refractivity contribution < 1.29 is 42.9 Å². The third kappa shape index (κ3) is 9.20. The Morgan fingerprint density at radius 2 is 1.88 bits per heavy atom. The fraction of sp³-hybridized carbons (Fsp3) is 0.533. The standard InChI is InChI=1S/C30H42FN3O8/c1-16-12-20-25(33-11-10-31)22(35)15-21(27(20)37)34-29(38)17(2)8-7-9-23(40-5)28(42-30(32)39)19(4)14-18(3)26(36)24(13-16)41-6/h7-9,14-16,18,23-24,26,28,33,36H,10-13H2,1-6H3,(H2,32,39)(H,34,38)/b9-7-,17-8+,19-14+/t16?,18-,23?,24?,26+,28?/m0/s1. The Labute approximate surface area is 245 Å². The maximum Gasteiger partial charge on any atom is 0.405 e. The molecule has 2 rings (SSSR count). The number of fused-ring (bicyclic) bond motifs is 2. The van der Waals surface area contributed by atoms with Gasteiger partial charge in [-0.05, 0) is 38.2 Å². The molecule has 1 aliphatic heterocycles. The number of rotatable bonds is 6. The number of aliphatic hydroxyl groups is 1. The lowest BCUT2D eigenvalue weighted by Gasteiger charge is -2.30. The molecule has 1 aliphatic carbocycles. The number of ether oxygens (including phenoxy) is 3. The van der Waals surface area contributed by atoms with Gasteiger partial charge < -0.3 is 35.7 Å². The van der Waals surface area contributed by atoms with Gasteiger partial charge in [-0.1, -0.05) is 38.2 Å². The maximum atomic E-state index is 13.5. The zero-order chi connectivity index (χ0) is 31.6. The highest BCUT2D eigenvalue weighted by molar-refractivity contribution is 6.23. The predicted octanol–water partition coefficient (Wildman–Crippen LogP) is 2.32. The maximum absolute atomic E-state index is 13.5. The summed E-state index contributed by atoms with van der Waals surface area (Å²) in [5.74, 6) is -2.49. The number of ketones is 2. The highest BCUT2D eigenvalue weighted by atomic mass is 19.1. The van der Waals surface area contributed by atoms with Gasteiger partial charge in [-0.25, -0.2) is 9.18 Å². The first-order chi connectivity index (χ1) is 19.8. The van der Waals surface area contributed by atoms with Gasteiger partial charge in [-0.15, -0.1) is 0 Å². The first-order valence-corrected chi connectivity index (χ1v) is 13.7. The second kappa shape index (κ2) is 16.1. The van der Waals surface area contributed by atoms with E-state index < -0.39 is 60.6 Å². The molecule has 2 bridgehead atoms. The number of allylic oxidation sites excluding steroid dienone is 4. The molecule has 2 amide bonds. The summed E-state index contributed by atoms with van der Waals surface area (Å²) in [7, 11) is 2.87. The minimum atomic E-state index is -1.02. The summed E-state index contributed by atoms with van der Waals surface area (Å²) >= 11 is 0. The van der Waals surface area contributed by atoms with Crippen LogP contribution in [0, 0.1) is 11.8 Å². The Bertz CT molecular complexity index is 1190. The number of halogens is 1. The van der Waals surface area contributed by atoms with E-state index in [0.717, 1.165) is 6.08 Å². The largest absolute Gasteiger partial charge is 0.439 e. The number of methoxy groups -OCH3 is 2. The van der Waals surface area contributed by atoms with Crippen LogP contribution in [-0.4, -0.2) is 80.5 Å². The fourth-order valence-electron chi connectivity index (χ4n) is 4.95. The molecular formula is C30H42FN3O8. The molecule has 42 heavy (non-hydrogen) atoms. The molecule has 5 N–H and O–H groups in total. The molecule has 12 heteroatoms. The monoisotopic (exact) mass is 591 g/mol. The first-order valence-electron chi connectivity index (χ1n) is 13.7. The van der Waals surface area contributed by atoms with Crippen molar-refractivity contribution in [2.45, 2.75) is 65.0 Å². The summed E-state index contributed by atoms with van der Waals surface area (Å²) in [4.78, 5) is 51.1. The van der Waals surface area contributed by atoms with Gasteiger partial charge in [0.1, 0.15) is 12.8 Å². The van der Waals surface area contributed by atoms with E-state index in [1.54, 1.807) is 26.0 Å². The highest BCUT2D eigenvalue weighted by Crippen LogP contribution is 2.28. The summed E-state index contributed by atoms with van der Waals surface area (Å²) in [6, 6.07) is 0. The zero-order valence-corrected chi connectivity index (χ0v) is 24.9. The number of carbonyl (C=O) groups is 4. The molecule has 232 valence electrons. The molecule has 11 nitrogen and oxygen atoms in total. The summed E-state index contributed by atoms with van der Waals surface area (Å²) in [5.41, 5.74) is 5.99. The van der Waals surface area contributed by atoms with Crippen molar-refractivity contribution in [1.82, 2.24) is 10.6 Å². The Kier molecular flexibility index (Phi) is 13.3. The van der Waals surface area contributed by atoms with Crippen molar-refractivity contribution in [3.05, 3.63) is 58.5 Å². The van der Waals surface area contributed by atoms with Crippen molar-refractivity contribution in [2.24, 2.45) is 17.6 Å². The molecule has 0 aromatic heterocycles. The number of nitrogens with two attached hydrogens (primary N) is 1. The number of carbonyl (C=O) groups excluding carboxylic acids is 4. The molecule has 0 saturated carbocycles. The van der Waals surface area contributed by atoms with Crippen LogP contribution in [0.3, 0.4) is 0 Å². The van der Waals surface area contributed by atoms with Crippen molar-refractivity contribution in [2.75, 3.05) is 27.4 Å². The van der Waals surface area contributed by atoms with Crippen molar-refractivity contribution >= 4 is 23.6 Å². The summed E-state index contributed by atoms with van der Waals surface area (Å²) < 4.78 is 29.4. The fourth-order valence-corrected chi connectivity index (χ4v) is 4.95. The van der Waals surface area contributed by atoms with Gasteiger partial charge in [-0.3, -0.25) is 14.4 Å². The number of hydrogen-bond donors (Lipinski definition) is 4. The van der Waals surface area contributed by atoms with Crippen LogP contribution in [0.25, 0.3) is 0 Å². The molecule has 1 heterocycles.